The van der Waals surface area contributed by atoms with Gasteiger partial charge in [-0.2, -0.15) is 0 Å². The van der Waals surface area contributed by atoms with Crippen LogP contribution in [0.2, 0.25) is 0 Å². The maximum Gasteiger partial charge on any atom is 0.323 e. The quantitative estimate of drug-likeness (QED) is 0.787. The summed E-state index contributed by atoms with van der Waals surface area (Å²) in [4.78, 5) is 16.9. The van der Waals surface area contributed by atoms with Crippen molar-refractivity contribution in [2.45, 2.75) is 6.92 Å². The smallest absolute Gasteiger partial charge is 0.323 e. The lowest BCUT2D eigenvalue weighted by molar-refractivity contribution is 0.192. The van der Waals surface area contributed by atoms with Gasteiger partial charge in [-0.15, -0.1) is 11.3 Å². The van der Waals surface area contributed by atoms with Crippen LogP contribution in [0.15, 0.2) is 11.6 Å². The first kappa shape index (κ1) is 10.9. The average Bonchev–Trinajstić information content (AvgIpc) is 2.66. The highest BCUT2D eigenvalue weighted by atomic mass is 32.1. The molecule has 0 fully saturated rings. The summed E-state index contributed by atoms with van der Waals surface area (Å²) in [6.45, 7) is 2.74. The van der Waals surface area contributed by atoms with Crippen molar-refractivity contribution in [3.63, 3.8) is 0 Å². The number of aliphatic hydroxyl groups excluding tert-OH is 1. The van der Waals surface area contributed by atoms with Crippen LogP contribution in [0.3, 0.4) is 0 Å². The van der Waals surface area contributed by atoms with Crippen LogP contribution in [0.5, 0.6) is 0 Å². The predicted molar refractivity (Wildman–Crippen MR) is 55.5 cm³/mol. The Morgan fingerprint density at radius 3 is 3.07 bits per heavy atom. The zero-order valence-corrected chi connectivity index (χ0v) is 8.75. The number of hydrogen-bond donors (Lipinski definition) is 2. The molecule has 2 N–H and O–H groups in total. The van der Waals surface area contributed by atoms with E-state index in [9.17, 15) is 4.79 Å². The van der Waals surface area contributed by atoms with Crippen LogP contribution in [-0.2, 0) is 0 Å². The second-order valence-electron chi connectivity index (χ2n) is 2.57. The van der Waals surface area contributed by atoms with Gasteiger partial charge < -0.3 is 10.0 Å². The number of nitrogens with one attached hydrogen (secondary N) is 1. The molecule has 0 aliphatic heterocycles. The van der Waals surface area contributed by atoms with Gasteiger partial charge in [-0.25, -0.2) is 9.78 Å². The summed E-state index contributed by atoms with van der Waals surface area (Å²) in [6.07, 6.45) is 1.63. The number of aliphatic hydroxyl groups is 1. The second kappa shape index (κ2) is 5.56. The molecule has 1 aromatic heterocycles. The Balaban J connectivity index is 2.47. The minimum absolute atomic E-state index is 0.0286. The molecule has 5 nitrogen and oxygen atoms in total. The van der Waals surface area contributed by atoms with Crippen molar-refractivity contribution in [1.82, 2.24) is 9.88 Å². The average molecular weight is 215 g/mol. The van der Waals surface area contributed by atoms with Crippen LogP contribution >= 0.6 is 11.3 Å². The molecule has 6 heteroatoms. The lowest BCUT2D eigenvalue weighted by Crippen LogP contribution is -2.36. The van der Waals surface area contributed by atoms with E-state index in [4.69, 9.17) is 5.11 Å². The highest BCUT2D eigenvalue weighted by molar-refractivity contribution is 7.13. The SMILES string of the molecule is CCN(CCO)C(=O)Nc1nccs1. The molecule has 0 aromatic carbocycles. The summed E-state index contributed by atoms with van der Waals surface area (Å²) in [5, 5.41) is 13.7. The zero-order valence-electron chi connectivity index (χ0n) is 7.93. The third-order valence-electron chi connectivity index (χ3n) is 1.69. The first-order valence-corrected chi connectivity index (χ1v) is 5.22. The number of amides is 2. The summed E-state index contributed by atoms with van der Waals surface area (Å²) < 4.78 is 0. The van der Waals surface area contributed by atoms with Crippen LogP contribution in [-0.4, -0.2) is 40.7 Å². The third-order valence-corrected chi connectivity index (χ3v) is 2.37. The van der Waals surface area contributed by atoms with Crippen molar-refractivity contribution in [1.29, 1.82) is 0 Å². The van der Waals surface area contributed by atoms with Gasteiger partial charge in [0.2, 0.25) is 0 Å². The molecule has 2 amide bonds. The van der Waals surface area contributed by atoms with Gasteiger partial charge in [0.25, 0.3) is 0 Å². The van der Waals surface area contributed by atoms with Crippen LogP contribution in [0.4, 0.5) is 9.93 Å². The van der Waals surface area contributed by atoms with Crippen LogP contribution in [0.1, 0.15) is 6.92 Å². The molecule has 0 atom stereocenters. The van der Waals surface area contributed by atoms with Crippen molar-refractivity contribution in [3.05, 3.63) is 11.6 Å². The molecular formula is C8H13N3O2S. The lowest BCUT2D eigenvalue weighted by atomic mass is 10.5. The Kier molecular flexibility index (Phi) is 4.34. The number of hydrogen-bond acceptors (Lipinski definition) is 4. The molecule has 1 heterocycles. The van der Waals surface area contributed by atoms with Crippen molar-refractivity contribution < 1.29 is 9.90 Å². The molecule has 0 saturated heterocycles. The number of anilines is 1. The van der Waals surface area contributed by atoms with Gasteiger partial charge in [0.05, 0.1) is 6.61 Å². The fourth-order valence-corrected chi connectivity index (χ4v) is 1.50. The molecule has 0 saturated carbocycles. The molecule has 78 valence electrons. The molecule has 0 bridgehead atoms. The van der Waals surface area contributed by atoms with Gasteiger partial charge in [0.15, 0.2) is 5.13 Å². The van der Waals surface area contributed by atoms with E-state index in [1.54, 1.807) is 11.6 Å². The van der Waals surface area contributed by atoms with Gasteiger partial charge in [0, 0.05) is 24.7 Å². The summed E-state index contributed by atoms with van der Waals surface area (Å²) in [5.74, 6) is 0. The minimum Gasteiger partial charge on any atom is -0.395 e. The Bertz CT molecular complexity index is 276. The van der Waals surface area contributed by atoms with E-state index in [0.29, 0.717) is 18.2 Å². The monoisotopic (exact) mass is 215 g/mol. The maximum absolute atomic E-state index is 11.5. The highest BCUT2D eigenvalue weighted by Gasteiger charge is 2.11. The van der Waals surface area contributed by atoms with Gasteiger partial charge in [0.1, 0.15) is 0 Å². The first-order valence-electron chi connectivity index (χ1n) is 4.34. The number of likely N-dealkylation sites (N-methyl/N-ethyl adjacent to an activating group) is 1. The molecule has 14 heavy (non-hydrogen) atoms. The lowest BCUT2D eigenvalue weighted by Gasteiger charge is -2.18. The molecule has 1 aromatic rings. The predicted octanol–water partition coefficient (Wildman–Crippen LogP) is 0.989. The summed E-state index contributed by atoms with van der Waals surface area (Å²) in [6, 6.07) is -0.225. The fraction of sp³-hybridized carbons (Fsp3) is 0.500. The van der Waals surface area contributed by atoms with Crippen molar-refractivity contribution >= 4 is 22.5 Å². The molecular weight excluding hydrogens is 202 g/mol. The number of aromatic nitrogens is 1. The van der Waals surface area contributed by atoms with Gasteiger partial charge >= 0.3 is 6.03 Å². The second-order valence-corrected chi connectivity index (χ2v) is 3.47. The van der Waals surface area contributed by atoms with E-state index >= 15 is 0 Å². The largest absolute Gasteiger partial charge is 0.395 e. The molecule has 0 aliphatic rings. The summed E-state index contributed by atoms with van der Waals surface area (Å²) in [7, 11) is 0. The van der Waals surface area contributed by atoms with Crippen LogP contribution in [0, 0.1) is 0 Å². The molecule has 0 aliphatic carbocycles. The van der Waals surface area contributed by atoms with E-state index in [-0.39, 0.29) is 12.6 Å². The number of carbonyl (C=O) groups excluding carboxylic acids is 1. The highest BCUT2D eigenvalue weighted by Crippen LogP contribution is 2.10. The number of urea groups is 1. The Morgan fingerprint density at radius 2 is 2.57 bits per heavy atom. The van der Waals surface area contributed by atoms with Crippen molar-refractivity contribution in [2.24, 2.45) is 0 Å². The normalized spacial score (nSPS) is 9.86. The topological polar surface area (TPSA) is 65.5 Å². The fourth-order valence-electron chi connectivity index (χ4n) is 0.980. The van der Waals surface area contributed by atoms with E-state index in [2.05, 4.69) is 10.3 Å². The maximum atomic E-state index is 11.5. The van der Waals surface area contributed by atoms with E-state index in [1.807, 2.05) is 6.92 Å². The Morgan fingerprint density at radius 1 is 1.79 bits per heavy atom. The summed E-state index contributed by atoms with van der Waals surface area (Å²) in [5.41, 5.74) is 0. The molecule has 1 rings (SSSR count). The number of rotatable bonds is 4. The van der Waals surface area contributed by atoms with E-state index in [1.165, 1.54) is 16.2 Å². The summed E-state index contributed by atoms with van der Waals surface area (Å²) >= 11 is 1.37. The Hall–Kier alpha value is -1.14. The van der Waals surface area contributed by atoms with Gasteiger partial charge in [-0.05, 0) is 6.92 Å². The third kappa shape index (κ3) is 2.97. The molecule has 0 unspecified atom stereocenters. The van der Waals surface area contributed by atoms with Gasteiger partial charge in [-0.1, -0.05) is 0 Å². The molecule has 0 spiro atoms. The van der Waals surface area contributed by atoms with Crippen LogP contribution in [0.25, 0.3) is 0 Å². The van der Waals surface area contributed by atoms with Crippen molar-refractivity contribution in [2.75, 3.05) is 25.0 Å². The van der Waals surface area contributed by atoms with E-state index < -0.39 is 0 Å². The zero-order chi connectivity index (χ0) is 10.4. The first-order chi connectivity index (χ1) is 6.77. The number of thiazole rings is 1. The molecule has 0 radical (unpaired) electrons. The van der Waals surface area contributed by atoms with Gasteiger partial charge in [-0.3, -0.25) is 5.32 Å². The number of nitrogens with zero attached hydrogens (tertiary/aromatic N) is 2. The standard InChI is InChI=1S/C8H13N3O2S/c1-2-11(4-5-12)8(13)10-7-9-3-6-14-7/h3,6,12H,2,4-5H2,1H3,(H,9,10,13). The number of carbonyl (C=O) groups is 1. The van der Waals surface area contributed by atoms with E-state index in [0.717, 1.165) is 0 Å². The Labute approximate surface area is 86.4 Å². The van der Waals surface area contributed by atoms with Crippen molar-refractivity contribution in [3.8, 4) is 0 Å². The minimum atomic E-state index is -0.225. The van der Waals surface area contributed by atoms with Crippen LogP contribution < -0.4 is 5.32 Å².